The molecule has 2 aromatic rings. The van der Waals surface area contributed by atoms with Crippen molar-refractivity contribution in [3.63, 3.8) is 0 Å². The van der Waals surface area contributed by atoms with E-state index in [1.54, 1.807) is 6.92 Å². The summed E-state index contributed by atoms with van der Waals surface area (Å²) in [5.74, 6) is -0.542. The molecule has 7 nitrogen and oxygen atoms in total. The first kappa shape index (κ1) is 19.2. The van der Waals surface area contributed by atoms with E-state index >= 15 is 0 Å². The first-order valence-corrected chi connectivity index (χ1v) is 9.84. The summed E-state index contributed by atoms with van der Waals surface area (Å²) in [5.41, 5.74) is 12.7. The Bertz CT molecular complexity index is 851. The monoisotopic (exact) mass is 396 g/mol. The van der Waals surface area contributed by atoms with Crippen LogP contribution in [0, 0.1) is 18.3 Å². The molecule has 1 amide bonds. The maximum atomic E-state index is 12.1. The van der Waals surface area contributed by atoms with Crippen LogP contribution in [0.3, 0.4) is 0 Å². The van der Waals surface area contributed by atoms with Gasteiger partial charge in [-0.2, -0.15) is 5.26 Å². The van der Waals surface area contributed by atoms with Crippen molar-refractivity contribution in [2.45, 2.75) is 30.4 Å². The van der Waals surface area contributed by atoms with Crippen molar-refractivity contribution in [3.05, 3.63) is 26.6 Å². The summed E-state index contributed by atoms with van der Waals surface area (Å²) < 4.78 is 5.77. The number of ether oxygens (including phenoxy) is 1. The molecule has 4 N–H and O–H groups in total. The highest BCUT2D eigenvalue weighted by atomic mass is 32.2. The van der Waals surface area contributed by atoms with Gasteiger partial charge in [-0.3, -0.25) is 4.79 Å². The van der Waals surface area contributed by atoms with E-state index in [0.29, 0.717) is 26.8 Å². The number of primary amides is 1. The number of carbonyl (C=O) groups is 2. The third-order valence-corrected chi connectivity index (χ3v) is 6.52. The summed E-state index contributed by atoms with van der Waals surface area (Å²) in [6.45, 7) is 3.77. The van der Waals surface area contributed by atoms with Crippen LogP contribution >= 0.6 is 34.4 Å². The Balaban J connectivity index is 2.24. The predicted octanol–water partition coefficient (Wildman–Crippen LogP) is 2.46. The number of carbonyl (C=O) groups excluding carboxylic acids is 2. The van der Waals surface area contributed by atoms with E-state index in [1.165, 1.54) is 23.1 Å². The van der Waals surface area contributed by atoms with Gasteiger partial charge in [0.15, 0.2) is 4.34 Å². The first-order chi connectivity index (χ1) is 11.9. The SMILES string of the molecule is CCOC(=O)c1sc(N)c(C#N)c1CSc1nc(C)c(CC(N)=O)s1. The Kier molecular flexibility index (Phi) is 6.41. The molecule has 0 radical (unpaired) electrons. The summed E-state index contributed by atoms with van der Waals surface area (Å²) in [7, 11) is 0. The van der Waals surface area contributed by atoms with Crippen molar-refractivity contribution in [1.82, 2.24) is 4.98 Å². The summed E-state index contributed by atoms with van der Waals surface area (Å²) in [6, 6.07) is 2.05. The number of hydrogen-bond acceptors (Lipinski definition) is 9. The van der Waals surface area contributed by atoms with Gasteiger partial charge in [-0.05, 0) is 13.8 Å². The van der Waals surface area contributed by atoms with Crippen LogP contribution < -0.4 is 11.5 Å². The predicted molar refractivity (Wildman–Crippen MR) is 98.7 cm³/mol. The number of nitrogens with two attached hydrogens (primary N) is 2. The third kappa shape index (κ3) is 4.50. The molecule has 2 aromatic heterocycles. The Labute approximate surface area is 157 Å². The fraction of sp³-hybridized carbons (Fsp3) is 0.333. The fourth-order valence-corrected chi connectivity index (χ4v) is 5.32. The van der Waals surface area contributed by atoms with Crippen molar-refractivity contribution < 1.29 is 14.3 Å². The standard InChI is InChI=1S/C15H16N4O3S3/c1-3-22-14(21)12-9(8(5-16)13(18)25-12)6-23-15-19-7(2)10(24-15)4-11(17)20/h3-4,6,18H2,1-2H3,(H2,17,20). The number of aromatic nitrogens is 1. The number of thioether (sulfide) groups is 1. The number of amides is 1. The Hall–Kier alpha value is -2.09. The van der Waals surface area contributed by atoms with Gasteiger partial charge in [0.25, 0.3) is 0 Å². The second-order valence-corrected chi connectivity index (χ2v) is 8.26. The number of rotatable bonds is 7. The molecular formula is C15H16N4O3S3. The van der Waals surface area contributed by atoms with Crippen LogP contribution in [-0.2, 0) is 21.7 Å². The first-order valence-electron chi connectivity index (χ1n) is 7.23. The van der Waals surface area contributed by atoms with E-state index in [9.17, 15) is 14.9 Å². The molecule has 10 heteroatoms. The molecule has 0 aromatic carbocycles. The van der Waals surface area contributed by atoms with Crippen molar-refractivity contribution in [2.24, 2.45) is 5.73 Å². The van der Waals surface area contributed by atoms with Crippen LogP contribution in [0.4, 0.5) is 5.00 Å². The van der Waals surface area contributed by atoms with Gasteiger partial charge in [-0.25, -0.2) is 9.78 Å². The highest BCUT2D eigenvalue weighted by Gasteiger charge is 2.23. The Morgan fingerprint density at radius 2 is 2.12 bits per heavy atom. The lowest BCUT2D eigenvalue weighted by Gasteiger charge is -2.03. The number of hydrogen-bond donors (Lipinski definition) is 2. The van der Waals surface area contributed by atoms with E-state index in [1.807, 2.05) is 13.0 Å². The summed E-state index contributed by atoms with van der Waals surface area (Å²) >= 11 is 3.81. The van der Waals surface area contributed by atoms with Crippen LogP contribution in [0.2, 0.25) is 0 Å². The van der Waals surface area contributed by atoms with Crippen molar-refractivity contribution in [1.29, 1.82) is 5.26 Å². The average Bonchev–Trinajstić information content (AvgIpc) is 3.04. The number of thiophene rings is 1. The van der Waals surface area contributed by atoms with Crippen LogP contribution in [0.5, 0.6) is 0 Å². The van der Waals surface area contributed by atoms with E-state index < -0.39 is 11.9 Å². The maximum Gasteiger partial charge on any atom is 0.348 e. The molecule has 132 valence electrons. The van der Waals surface area contributed by atoms with Crippen LogP contribution in [0.1, 0.15) is 38.3 Å². The Morgan fingerprint density at radius 3 is 2.72 bits per heavy atom. The fourth-order valence-electron chi connectivity index (χ4n) is 2.03. The molecular weight excluding hydrogens is 380 g/mol. The van der Waals surface area contributed by atoms with Crippen LogP contribution in [0.25, 0.3) is 0 Å². The van der Waals surface area contributed by atoms with E-state index in [0.717, 1.165) is 26.2 Å². The lowest BCUT2D eigenvalue weighted by molar-refractivity contribution is -0.117. The number of nitrogens with zero attached hydrogens (tertiary/aromatic N) is 2. The molecule has 0 spiro atoms. The molecule has 0 aliphatic heterocycles. The molecule has 0 saturated heterocycles. The molecule has 0 aliphatic carbocycles. The van der Waals surface area contributed by atoms with Crippen LogP contribution in [-0.4, -0.2) is 23.5 Å². The lowest BCUT2D eigenvalue weighted by atomic mass is 10.2. The lowest BCUT2D eigenvalue weighted by Crippen LogP contribution is -2.13. The zero-order chi connectivity index (χ0) is 18.6. The molecule has 0 bridgehead atoms. The molecule has 0 saturated carbocycles. The molecule has 0 unspecified atom stereocenters. The molecule has 0 fully saturated rings. The highest BCUT2D eigenvalue weighted by Crippen LogP contribution is 2.37. The van der Waals surface area contributed by atoms with Crippen molar-refractivity contribution in [2.75, 3.05) is 12.3 Å². The normalized spacial score (nSPS) is 10.4. The quantitative estimate of drug-likeness (QED) is 0.542. The van der Waals surface area contributed by atoms with Crippen molar-refractivity contribution >= 4 is 51.3 Å². The molecule has 2 rings (SSSR count). The van der Waals surface area contributed by atoms with Gasteiger partial charge in [0.1, 0.15) is 15.9 Å². The molecule has 25 heavy (non-hydrogen) atoms. The summed E-state index contributed by atoms with van der Waals surface area (Å²) in [6.07, 6.45) is 0.146. The number of nitrogen functional groups attached to an aromatic ring is 1. The maximum absolute atomic E-state index is 12.1. The van der Waals surface area contributed by atoms with Gasteiger partial charge >= 0.3 is 5.97 Å². The van der Waals surface area contributed by atoms with Gasteiger partial charge < -0.3 is 16.2 Å². The highest BCUT2D eigenvalue weighted by molar-refractivity contribution is 8.00. The van der Waals surface area contributed by atoms with E-state index in [2.05, 4.69) is 4.98 Å². The Morgan fingerprint density at radius 1 is 1.40 bits per heavy atom. The largest absolute Gasteiger partial charge is 0.462 e. The van der Waals surface area contributed by atoms with Gasteiger partial charge in [0.2, 0.25) is 5.91 Å². The van der Waals surface area contributed by atoms with Gasteiger partial charge in [-0.15, -0.1) is 22.7 Å². The minimum absolute atomic E-state index is 0.146. The average molecular weight is 397 g/mol. The summed E-state index contributed by atoms with van der Waals surface area (Å²) in [4.78, 5) is 28.7. The minimum atomic E-state index is -0.485. The number of esters is 1. The number of nitriles is 1. The molecule has 0 aliphatic rings. The zero-order valence-electron chi connectivity index (χ0n) is 13.6. The van der Waals surface area contributed by atoms with E-state index in [-0.39, 0.29) is 13.0 Å². The number of anilines is 1. The van der Waals surface area contributed by atoms with Gasteiger partial charge in [-0.1, -0.05) is 11.8 Å². The van der Waals surface area contributed by atoms with Gasteiger partial charge in [0.05, 0.1) is 24.3 Å². The zero-order valence-corrected chi connectivity index (χ0v) is 16.1. The second-order valence-electron chi connectivity index (χ2n) is 4.90. The third-order valence-electron chi connectivity index (χ3n) is 3.15. The molecule has 2 heterocycles. The number of thiazole rings is 1. The minimum Gasteiger partial charge on any atom is -0.462 e. The van der Waals surface area contributed by atoms with Crippen molar-refractivity contribution in [3.8, 4) is 6.07 Å². The summed E-state index contributed by atoms with van der Waals surface area (Å²) in [5, 5.41) is 9.62. The van der Waals surface area contributed by atoms with Crippen LogP contribution in [0.15, 0.2) is 4.34 Å². The smallest absolute Gasteiger partial charge is 0.348 e. The second kappa shape index (κ2) is 8.33. The topological polar surface area (TPSA) is 132 Å². The molecule has 0 atom stereocenters. The number of aryl methyl sites for hydroxylation is 1. The van der Waals surface area contributed by atoms with E-state index in [4.69, 9.17) is 16.2 Å². The van der Waals surface area contributed by atoms with Gasteiger partial charge in [0, 0.05) is 16.2 Å².